The van der Waals surface area contributed by atoms with Crippen molar-refractivity contribution in [1.29, 1.82) is 0 Å². The normalized spacial score (nSPS) is 10.7. The van der Waals surface area contributed by atoms with Gasteiger partial charge in [0.1, 0.15) is 0 Å². The number of hydrogen-bond donors (Lipinski definition) is 0. The molecule has 0 atom stereocenters. The lowest BCUT2D eigenvalue weighted by Crippen LogP contribution is -3.00. The predicted molar refractivity (Wildman–Crippen MR) is 234 cm³/mol. The lowest BCUT2D eigenvalue weighted by Gasteiger charge is -2.10. The van der Waals surface area contributed by atoms with Crippen LogP contribution in [0.2, 0.25) is 0 Å². The molecular formula is C48H72I2P2. The van der Waals surface area contributed by atoms with Gasteiger partial charge in [-0.1, -0.05) is 189 Å². The van der Waals surface area contributed by atoms with Crippen molar-refractivity contribution in [2.24, 2.45) is 0 Å². The van der Waals surface area contributed by atoms with Gasteiger partial charge in [-0.15, -0.1) is 0 Å². The second-order valence-electron chi connectivity index (χ2n) is 14.3. The fourth-order valence-electron chi connectivity index (χ4n) is 7.05. The van der Waals surface area contributed by atoms with Crippen molar-refractivity contribution in [3.05, 3.63) is 121 Å². The fourth-order valence-corrected chi connectivity index (χ4v) is 12.5. The van der Waals surface area contributed by atoms with Crippen LogP contribution in [-0.4, -0.2) is 12.3 Å². The van der Waals surface area contributed by atoms with E-state index in [-0.39, 0.29) is 48.0 Å². The summed E-state index contributed by atoms with van der Waals surface area (Å²) in [6.45, 7) is 4.58. The van der Waals surface area contributed by atoms with Gasteiger partial charge in [0.15, 0.2) is 0 Å². The Kier molecular flexibility index (Phi) is 32.8. The number of rotatable bonds is 26. The molecule has 0 radical (unpaired) electrons. The first-order valence-electron chi connectivity index (χ1n) is 20.8. The summed E-state index contributed by atoms with van der Waals surface area (Å²) in [5.74, 6) is 0. The second kappa shape index (κ2) is 34.7. The maximum absolute atomic E-state index is 2.33. The van der Waals surface area contributed by atoms with E-state index in [2.05, 4.69) is 135 Å². The van der Waals surface area contributed by atoms with Crippen LogP contribution in [0.15, 0.2) is 121 Å². The van der Waals surface area contributed by atoms with Gasteiger partial charge < -0.3 is 48.0 Å². The van der Waals surface area contributed by atoms with Crippen LogP contribution in [0.3, 0.4) is 0 Å². The van der Waals surface area contributed by atoms with Gasteiger partial charge in [-0.3, -0.25) is 0 Å². The molecule has 52 heavy (non-hydrogen) atoms. The van der Waals surface area contributed by atoms with Crippen molar-refractivity contribution in [2.75, 3.05) is 12.3 Å². The van der Waals surface area contributed by atoms with Crippen LogP contribution >= 0.6 is 15.8 Å². The lowest BCUT2D eigenvalue weighted by molar-refractivity contribution is -0.001000. The molecule has 0 aliphatic carbocycles. The monoisotopic (exact) mass is 964 g/mol. The number of benzene rings is 4. The van der Waals surface area contributed by atoms with Crippen molar-refractivity contribution >= 4 is 37.1 Å². The van der Waals surface area contributed by atoms with E-state index in [1.54, 1.807) is 21.2 Å². The summed E-state index contributed by atoms with van der Waals surface area (Å²) in [6, 6.07) is 44.7. The second-order valence-corrected chi connectivity index (χ2v) is 19.5. The molecular weight excluding hydrogens is 892 g/mol. The maximum Gasteiger partial charge on any atom is 0.0966 e. The zero-order valence-electron chi connectivity index (χ0n) is 32.9. The summed E-state index contributed by atoms with van der Waals surface area (Å²) in [7, 11) is -1.21. The first kappa shape index (κ1) is 49.2. The highest BCUT2D eigenvalue weighted by Crippen LogP contribution is 2.36. The summed E-state index contributed by atoms with van der Waals surface area (Å²) in [4.78, 5) is 0. The van der Waals surface area contributed by atoms with Gasteiger partial charge in [-0.2, -0.15) is 0 Å². The molecule has 0 saturated carbocycles. The number of halogens is 2. The van der Waals surface area contributed by atoms with Crippen LogP contribution < -0.4 is 69.2 Å². The van der Waals surface area contributed by atoms with Gasteiger partial charge in [0.2, 0.25) is 0 Å². The van der Waals surface area contributed by atoms with E-state index in [0.717, 1.165) is 0 Å². The Balaban J connectivity index is 0.000000501. The smallest absolute Gasteiger partial charge is 0.0966 e. The minimum absolute atomic E-state index is 0. The molecule has 4 heteroatoms. The van der Waals surface area contributed by atoms with Crippen LogP contribution in [0.1, 0.15) is 142 Å². The maximum atomic E-state index is 2.33. The van der Waals surface area contributed by atoms with E-state index in [0.29, 0.717) is 0 Å². The van der Waals surface area contributed by atoms with Gasteiger partial charge in [0.25, 0.3) is 0 Å². The fraction of sp³-hybridized carbons (Fsp3) is 0.500. The third-order valence-corrected chi connectivity index (χ3v) is 15.9. The summed E-state index contributed by atoms with van der Waals surface area (Å²) in [5, 5.41) is 6.26. The predicted octanol–water partition coefficient (Wildman–Crippen LogP) is 7.55. The standard InChI is InChI=1S/2C24H35P.2HI/c2*1-2-3-4-5-6-7-8-9-10-17-22-25(23-18-13-11-14-19-23)24-20-15-12-16-21-24;;/h2*11-16,18-21H,2-10,17,22H2,1H3;2*1H. The Morgan fingerprint density at radius 3 is 0.673 bits per heavy atom. The van der Waals surface area contributed by atoms with Crippen LogP contribution in [0.4, 0.5) is 0 Å². The average molecular weight is 965 g/mol. The topological polar surface area (TPSA) is 0 Å². The molecule has 0 aromatic heterocycles. The molecule has 0 nitrogen and oxygen atoms in total. The first-order chi connectivity index (χ1) is 24.8. The van der Waals surface area contributed by atoms with Gasteiger partial charge >= 0.3 is 0 Å². The molecule has 288 valence electrons. The Hall–Kier alpha value is -0.800. The Morgan fingerprint density at radius 1 is 0.269 bits per heavy atom. The van der Waals surface area contributed by atoms with E-state index >= 15 is 0 Å². The third-order valence-electron chi connectivity index (χ3n) is 10.0. The molecule has 0 aliphatic heterocycles. The number of hydrogen-bond acceptors (Lipinski definition) is 0. The zero-order chi connectivity index (χ0) is 35.2. The van der Waals surface area contributed by atoms with Crippen molar-refractivity contribution in [2.45, 2.75) is 142 Å². The summed E-state index contributed by atoms with van der Waals surface area (Å²) >= 11 is 0. The molecule has 0 aliphatic rings. The Bertz CT molecular complexity index is 1110. The minimum Gasteiger partial charge on any atom is -1.00 e. The van der Waals surface area contributed by atoms with E-state index in [9.17, 15) is 0 Å². The molecule has 0 amide bonds. The van der Waals surface area contributed by atoms with Gasteiger partial charge in [-0.05, 0) is 74.2 Å². The largest absolute Gasteiger partial charge is 1.00 e. The van der Waals surface area contributed by atoms with Gasteiger partial charge in [-0.25, -0.2) is 0 Å². The summed E-state index contributed by atoms with van der Waals surface area (Å²) in [6.07, 6.45) is 31.1. The quantitative estimate of drug-likeness (QED) is 0.0347. The van der Waals surface area contributed by atoms with E-state index in [1.165, 1.54) is 141 Å². The molecule has 0 unspecified atom stereocenters. The molecule has 0 N–H and O–H groups in total. The molecule has 0 saturated heterocycles. The Labute approximate surface area is 358 Å². The van der Waals surface area contributed by atoms with Crippen molar-refractivity contribution in [3.8, 4) is 0 Å². The van der Waals surface area contributed by atoms with Crippen molar-refractivity contribution in [1.82, 2.24) is 0 Å². The van der Waals surface area contributed by atoms with E-state index < -0.39 is 15.8 Å². The van der Waals surface area contributed by atoms with Gasteiger partial charge in [0, 0.05) is 0 Å². The molecule has 0 fully saturated rings. The average Bonchev–Trinajstić information content (AvgIpc) is 3.18. The molecule has 4 rings (SSSR count). The van der Waals surface area contributed by atoms with Crippen molar-refractivity contribution < 1.29 is 48.0 Å². The zero-order valence-corrected chi connectivity index (χ0v) is 39.2. The van der Waals surface area contributed by atoms with E-state index in [1.807, 2.05) is 0 Å². The minimum atomic E-state index is -0.607. The van der Waals surface area contributed by atoms with Crippen LogP contribution in [-0.2, 0) is 0 Å². The Morgan fingerprint density at radius 2 is 0.462 bits per heavy atom. The van der Waals surface area contributed by atoms with Crippen LogP contribution in [0, 0.1) is 0 Å². The highest BCUT2D eigenvalue weighted by Gasteiger charge is 2.22. The molecule has 0 bridgehead atoms. The van der Waals surface area contributed by atoms with E-state index in [4.69, 9.17) is 0 Å². The molecule has 0 spiro atoms. The SMILES string of the molecule is CCCCCCCCCCCC[PH+](c1ccccc1)c1ccccc1.CCCCCCCCCCCC[PH+](c1ccccc1)c1ccccc1.[I-].[I-]. The summed E-state index contributed by atoms with van der Waals surface area (Å²) in [5.41, 5.74) is 0. The highest BCUT2D eigenvalue weighted by atomic mass is 127. The van der Waals surface area contributed by atoms with Gasteiger partial charge in [0.05, 0.1) is 49.4 Å². The third kappa shape index (κ3) is 22.5. The molecule has 4 aromatic carbocycles. The van der Waals surface area contributed by atoms with Crippen molar-refractivity contribution in [3.63, 3.8) is 0 Å². The first-order valence-corrected chi connectivity index (χ1v) is 24.2. The van der Waals surface area contributed by atoms with Crippen LogP contribution in [0.25, 0.3) is 0 Å². The summed E-state index contributed by atoms with van der Waals surface area (Å²) < 4.78 is 0. The molecule has 0 heterocycles. The number of unbranched alkanes of at least 4 members (excludes halogenated alkanes) is 18. The lowest BCUT2D eigenvalue weighted by atomic mass is 10.1. The van der Waals surface area contributed by atoms with Crippen LogP contribution in [0.5, 0.6) is 0 Å². The highest BCUT2D eigenvalue weighted by molar-refractivity contribution is 7.73. The molecule has 4 aromatic rings.